The van der Waals surface area contributed by atoms with Crippen LogP contribution in [0, 0.1) is 11.3 Å². The number of nitrogens with one attached hydrogen (secondary N) is 1. The molecule has 0 spiro atoms. The van der Waals surface area contributed by atoms with E-state index in [9.17, 15) is 4.79 Å². The van der Waals surface area contributed by atoms with Gasteiger partial charge in [0.25, 0.3) is 5.91 Å². The molecule has 1 N–H and O–H groups in total. The zero-order valence-corrected chi connectivity index (χ0v) is 15.4. The molecule has 8 heteroatoms. The number of hydrogen-bond acceptors (Lipinski definition) is 5. The summed E-state index contributed by atoms with van der Waals surface area (Å²) in [7, 11) is 1.73. The number of aromatic nitrogens is 3. The van der Waals surface area contributed by atoms with Crippen molar-refractivity contribution in [2.75, 3.05) is 0 Å². The van der Waals surface area contributed by atoms with Gasteiger partial charge in [0.1, 0.15) is 11.8 Å². The maximum Gasteiger partial charge on any atom is 0.273 e. The van der Waals surface area contributed by atoms with Crippen molar-refractivity contribution in [3.63, 3.8) is 0 Å². The summed E-state index contributed by atoms with van der Waals surface area (Å²) in [5.41, 5.74) is 0.922. The van der Waals surface area contributed by atoms with Crippen molar-refractivity contribution in [1.82, 2.24) is 20.3 Å². The van der Waals surface area contributed by atoms with Gasteiger partial charge in [0.05, 0.1) is 17.9 Å². The van der Waals surface area contributed by atoms with Crippen molar-refractivity contribution in [3.05, 3.63) is 40.1 Å². The molecule has 1 aliphatic rings. The number of halogens is 1. The minimum Gasteiger partial charge on any atom is -0.490 e. The van der Waals surface area contributed by atoms with Crippen LogP contribution in [0.1, 0.15) is 41.7 Å². The number of rotatable bonds is 4. The molecule has 1 heterocycles. The Balaban J connectivity index is 1.49. The lowest BCUT2D eigenvalue weighted by Gasteiger charge is -2.29. The molecule has 2 aromatic rings. The highest BCUT2D eigenvalue weighted by molar-refractivity contribution is 9.10. The third-order valence-electron chi connectivity index (χ3n) is 4.21. The van der Waals surface area contributed by atoms with Gasteiger partial charge in [-0.1, -0.05) is 5.21 Å². The van der Waals surface area contributed by atoms with E-state index in [1.54, 1.807) is 19.3 Å². The second-order valence-corrected chi connectivity index (χ2v) is 6.95. The van der Waals surface area contributed by atoms with E-state index in [1.807, 2.05) is 12.1 Å². The van der Waals surface area contributed by atoms with Crippen LogP contribution in [-0.2, 0) is 7.05 Å². The molecule has 3 rings (SSSR count). The highest BCUT2D eigenvalue weighted by Crippen LogP contribution is 2.27. The van der Waals surface area contributed by atoms with Crippen LogP contribution in [0.4, 0.5) is 0 Å². The Morgan fingerprint density at radius 3 is 2.76 bits per heavy atom. The first-order chi connectivity index (χ1) is 12.0. The van der Waals surface area contributed by atoms with Crippen LogP contribution in [0.3, 0.4) is 0 Å². The summed E-state index contributed by atoms with van der Waals surface area (Å²) >= 11 is 3.37. The van der Waals surface area contributed by atoms with E-state index in [0.717, 1.165) is 35.9 Å². The van der Waals surface area contributed by atoms with E-state index in [-0.39, 0.29) is 18.1 Å². The average molecular weight is 404 g/mol. The fourth-order valence-corrected chi connectivity index (χ4v) is 3.33. The summed E-state index contributed by atoms with van der Waals surface area (Å²) < 4.78 is 8.24. The van der Waals surface area contributed by atoms with E-state index in [0.29, 0.717) is 11.3 Å². The van der Waals surface area contributed by atoms with Crippen LogP contribution in [-0.4, -0.2) is 33.0 Å². The predicted octanol–water partition coefficient (Wildman–Crippen LogP) is 2.57. The third kappa shape index (κ3) is 4.37. The molecule has 130 valence electrons. The molecule has 0 saturated heterocycles. The second kappa shape index (κ2) is 7.66. The van der Waals surface area contributed by atoms with Gasteiger partial charge in [-0.15, -0.1) is 5.10 Å². The number of nitriles is 1. The van der Waals surface area contributed by atoms with Crippen LogP contribution < -0.4 is 10.1 Å². The monoisotopic (exact) mass is 403 g/mol. The van der Waals surface area contributed by atoms with Crippen molar-refractivity contribution >= 4 is 21.8 Å². The summed E-state index contributed by atoms with van der Waals surface area (Å²) in [5, 5.41) is 19.5. The Morgan fingerprint density at radius 2 is 2.16 bits per heavy atom. The average Bonchev–Trinajstić information content (AvgIpc) is 3.03. The number of hydrogen-bond donors (Lipinski definition) is 1. The number of benzene rings is 1. The molecular weight excluding hydrogens is 386 g/mol. The van der Waals surface area contributed by atoms with E-state index in [2.05, 4.69) is 37.6 Å². The molecule has 0 atom stereocenters. The van der Waals surface area contributed by atoms with E-state index >= 15 is 0 Å². The van der Waals surface area contributed by atoms with Crippen molar-refractivity contribution in [3.8, 4) is 11.8 Å². The number of carbonyl (C=O) groups excluding carboxylic acids is 1. The Labute approximate surface area is 154 Å². The van der Waals surface area contributed by atoms with E-state index < -0.39 is 0 Å². The molecule has 0 aliphatic heterocycles. The number of amides is 1. The number of aryl methyl sites for hydroxylation is 1. The highest BCUT2D eigenvalue weighted by Gasteiger charge is 2.24. The molecule has 7 nitrogen and oxygen atoms in total. The largest absolute Gasteiger partial charge is 0.490 e. The number of carbonyl (C=O) groups is 1. The fraction of sp³-hybridized carbons (Fsp3) is 0.412. The van der Waals surface area contributed by atoms with Crippen molar-refractivity contribution < 1.29 is 9.53 Å². The SMILES string of the molecule is Cn1cc(C(=O)N[C@H]2CC[C@H](Oc3ccc(C#N)c(Br)c3)CC2)nn1. The van der Waals surface area contributed by atoms with Gasteiger partial charge in [0.15, 0.2) is 5.69 Å². The van der Waals surface area contributed by atoms with E-state index in [1.165, 1.54) is 4.68 Å². The topological polar surface area (TPSA) is 92.8 Å². The maximum atomic E-state index is 12.1. The molecule has 1 aromatic carbocycles. The lowest BCUT2D eigenvalue weighted by molar-refractivity contribution is 0.0889. The van der Waals surface area contributed by atoms with Crippen LogP contribution >= 0.6 is 15.9 Å². The Kier molecular flexibility index (Phi) is 5.34. The van der Waals surface area contributed by atoms with Gasteiger partial charge in [0, 0.05) is 17.6 Å². The van der Waals surface area contributed by atoms with Gasteiger partial charge in [-0.3, -0.25) is 9.48 Å². The van der Waals surface area contributed by atoms with Gasteiger partial charge in [-0.05, 0) is 59.8 Å². The van der Waals surface area contributed by atoms with Gasteiger partial charge in [-0.25, -0.2) is 0 Å². The van der Waals surface area contributed by atoms with Crippen molar-refractivity contribution in [2.45, 2.75) is 37.8 Å². The van der Waals surface area contributed by atoms with Gasteiger partial charge in [-0.2, -0.15) is 5.26 Å². The smallest absolute Gasteiger partial charge is 0.273 e. The molecule has 1 aromatic heterocycles. The van der Waals surface area contributed by atoms with Crippen molar-refractivity contribution in [1.29, 1.82) is 5.26 Å². The van der Waals surface area contributed by atoms with Crippen LogP contribution in [0.5, 0.6) is 5.75 Å². The zero-order chi connectivity index (χ0) is 17.8. The molecule has 1 aliphatic carbocycles. The Morgan fingerprint density at radius 1 is 1.40 bits per heavy atom. The molecule has 0 radical (unpaired) electrons. The standard InChI is InChI=1S/C17H18BrN5O2/c1-23-10-16(21-22-23)17(24)20-12-3-6-13(7-4-12)25-14-5-2-11(9-19)15(18)8-14/h2,5,8,10,12-13H,3-4,6-7H2,1H3,(H,20,24)/t12-,13-. The Bertz CT molecular complexity index is 806. The fourth-order valence-electron chi connectivity index (χ4n) is 2.89. The van der Waals surface area contributed by atoms with Gasteiger partial charge >= 0.3 is 0 Å². The number of nitrogens with zero attached hydrogens (tertiary/aromatic N) is 4. The van der Waals surface area contributed by atoms with Gasteiger partial charge < -0.3 is 10.1 Å². The summed E-state index contributed by atoms with van der Waals surface area (Å²) in [6.45, 7) is 0. The van der Waals surface area contributed by atoms with E-state index in [4.69, 9.17) is 10.00 Å². The molecule has 1 fully saturated rings. The summed E-state index contributed by atoms with van der Waals surface area (Å²) in [6, 6.07) is 7.61. The summed E-state index contributed by atoms with van der Waals surface area (Å²) in [4.78, 5) is 12.1. The zero-order valence-electron chi connectivity index (χ0n) is 13.8. The molecule has 1 amide bonds. The Hall–Kier alpha value is -2.40. The molecular formula is C17H18BrN5O2. The maximum absolute atomic E-state index is 12.1. The highest BCUT2D eigenvalue weighted by atomic mass is 79.9. The van der Waals surface area contributed by atoms with Crippen LogP contribution in [0.15, 0.2) is 28.9 Å². The first-order valence-corrected chi connectivity index (χ1v) is 8.88. The minimum atomic E-state index is -0.187. The normalized spacial score (nSPS) is 19.9. The van der Waals surface area contributed by atoms with Crippen LogP contribution in [0.25, 0.3) is 0 Å². The number of ether oxygens (including phenoxy) is 1. The predicted molar refractivity (Wildman–Crippen MR) is 94.0 cm³/mol. The first-order valence-electron chi connectivity index (χ1n) is 8.08. The molecule has 25 heavy (non-hydrogen) atoms. The van der Waals surface area contributed by atoms with Gasteiger partial charge in [0.2, 0.25) is 0 Å². The quantitative estimate of drug-likeness (QED) is 0.846. The van der Waals surface area contributed by atoms with Crippen LogP contribution in [0.2, 0.25) is 0 Å². The lowest BCUT2D eigenvalue weighted by Crippen LogP contribution is -2.39. The third-order valence-corrected chi connectivity index (χ3v) is 4.86. The molecule has 0 unspecified atom stereocenters. The minimum absolute atomic E-state index is 0.115. The second-order valence-electron chi connectivity index (χ2n) is 6.10. The first kappa shape index (κ1) is 17.4. The molecule has 0 bridgehead atoms. The summed E-state index contributed by atoms with van der Waals surface area (Å²) in [5.74, 6) is 0.561. The molecule has 1 saturated carbocycles. The van der Waals surface area contributed by atoms with Crippen molar-refractivity contribution in [2.24, 2.45) is 7.05 Å². The lowest BCUT2D eigenvalue weighted by atomic mass is 9.93. The summed E-state index contributed by atoms with van der Waals surface area (Å²) in [6.07, 6.45) is 5.16.